The topological polar surface area (TPSA) is 69.6 Å². The summed E-state index contributed by atoms with van der Waals surface area (Å²) in [6.07, 6.45) is 2.08. The molecule has 1 fully saturated rings. The molecule has 0 atom stereocenters. The molecule has 5 nitrogen and oxygen atoms in total. The summed E-state index contributed by atoms with van der Waals surface area (Å²) in [7, 11) is 0. The maximum absolute atomic E-state index is 12.3. The average molecular weight is 324 g/mol. The molecule has 124 valence electrons. The van der Waals surface area contributed by atoms with Gasteiger partial charge in [0.15, 0.2) is 0 Å². The van der Waals surface area contributed by atoms with Gasteiger partial charge in [-0.2, -0.15) is 0 Å². The van der Waals surface area contributed by atoms with E-state index in [0.29, 0.717) is 24.1 Å². The Balaban J connectivity index is 1.65. The highest BCUT2D eigenvalue weighted by atomic mass is 16.3. The summed E-state index contributed by atoms with van der Waals surface area (Å²) in [5, 5.41) is 11.7. The molecule has 0 radical (unpaired) electrons. The number of carbonyl (C=O) groups excluding carboxylic acids is 2. The lowest BCUT2D eigenvalue weighted by Crippen LogP contribution is -2.23. The van der Waals surface area contributed by atoms with E-state index in [4.69, 9.17) is 5.11 Å². The van der Waals surface area contributed by atoms with Crippen LogP contribution in [0.15, 0.2) is 48.5 Å². The van der Waals surface area contributed by atoms with E-state index in [1.165, 1.54) is 0 Å². The lowest BCUT2D eigenvalue weighted by atomic mass is 10.1. The average Bonchev–Trinajstić information content (AvgIpc) is 3.03. The number of aliphatic hydroxyl groups excluding tert-OH is 1. The Morgan fingerprint density at radius 2 is 1.79 bits per heavy atom. The van der Waals surface area contributed by atoms with E-state index in [-0.39, 0.29) is 18.4 Å². The Bertz CT molecular complexity index is 723. The van der Waals surface area contributed by atoms with E-state index in [1.807, 2.05) is 36.4 Å². The van der Waals surface area contributed by atoms with Gasteiger partial charge in [-0.3, -0.25) is 9.59 Å². The molecule has 1 saturated heterocycles. The van der Waals surface area contributed by atoms with Crippen molar-refractivity contribution in [2.24, 2.45) is 0 Å². The maximum atomic E-state index is 12.3. The van der Waals surface area contributed by atoms with Crippen LogP contribution >= 0.6 is 0 Å². The van der Waals surface area contributed by atoms with Crippen LogP contribution in [0.25, 0.3) is 0 Å². The van der Waals surface area contributed by atoms with E-state index in [2.05, 4.69) is 5.32 Å². The van der Waals surface area contributed by atoms with Crippen LogP contribution in [0.4, 0.5) is 11.4 Å². The van der Waals surface area contributed by atoms with Crippen molar-refractivity contribution in [2.45, 2.75) is 19.3 Å². The molecule has 0 saturated carbocycles. The van der Waals surface area contributed by atoms with Crippen molar-refractivity contribution in [3.63, 3.8) is 0 Å². The number of nitrogens with zero attached hydrogens (tertiary/aromatic N) is 1. The van der Waals surface area contributed by atoms with Crippen LogP contribution in [0.1, 0.15) is 28.8 Å². The number of carbonyl (C=O) groups is 2. The molecule has 0 bridgehead atoms. The van der Waals surface area contributed by atoms with E-state index in [1.54, 1.807) is 17.0 Å². The zero-order valence-electron chi connectivity index (χ0n) is 13.4. The minimum Gasteiger partial charge on any atom is -0.396 e. The SMILES string of the molecule is O=C(Nc1ccc(CCO)cc1)c1ccc(N2CCCC2=O)cc1. The standard InChI is InChI=1S/C19H20N2O3/c22-13-11-14-3-7-16(8-4-14)20-19(24)15-5-9-17(10-6-15)21-12-1-2-18(21)23/h3-10,22H,1-2,11-13H2,(H,20,24). The highest BCUT2D eigenvalue weighted by molar-refractivity contribution is 6.04. The quantitative estimate of drug-likeness (QED) is 0.888. The monoisotopic (exact) mass is 324 g/mol. The number of nitrogens with one attached hydrogen (secondary N) is 1. The van der Waals surface area contributed by atoms with Gasteiger partial charge >= 0.3 is 0 Å². The number of hydrogen-bond donors (Lipinski definition) is 2. The Kier molecular flexibility index (Phi) is 4.91. The molecule has 1 aliphatic heterocycles. The lowest BCUT2D eigenvalue weighted by Gasteiger charge is -2.15. The van der Waals surface area contributed by atoms with Gasteiger partial charge in [-0.15, -0.1) is 0 Å². The lowest BCUT2D eigenvalue weighted by molar-refractivity contribution is -0.117. The van der Waals surface area contributed by atoms with Crippen molar-refractivity contribution in [1.82, 2.24) is 0 Å². The largest absolute Gasteiger partial charge is 0.396 e. The Labute approximate surface area is 140 Å². The summed E-state index contributed by atoms with van der Waals surface area (Å²) in [4.78, 5) is 25.8. The molecule has 0 spiro atoms. The molecule has 2 aromatic carbocycles. The van der Waals surface area contributed by atoms with Crippen molar-refractivity contribution in [3.8, 4) is 0 Å². The van der Waals surface area contributed by atoms with Gasteiger partial charge in [0.2, 0.25) is 5.91 Å². The van der Waals surface area contributed by atoms with Crippen LogP contribution < -0.4 is 10.2 Å². The zero-order valence-corrected chi connectivity index (χ0v) is 13.4. The third-order valence-corrected chi connectivity index (χ3v) is 4.13. The molecule has 2 amide bonds. The number of hydrogen-bond acceptors (Lipinski definition) is 3. The maximum Gasteiger partial charge on any atom is 0.255 e. The van der Waals surface area contributed by atoms with E-state index in [9.17, 15) is 9.59 Å². The normalized spacial score (nSPS) is 14.0. The summed E-state index contributed by atoms with van der Waals surface area (Å²) in [5.41, 5.74) is 3.11. The van der Waals surface area contributed by atoms with Crippen molar-refractivity contribution >= 4 is 23.2 Å². The van der Waals surface area contributed by atoms with Gasteiger partial charge in [0, 0.05) is 36.5 Å². The molecule has 3 rings (SSSR count). The number of rotatable bonds is 5. The molecule has 0 unspecified atom stereocenters. The van der Waals surface area contributed by atoms with Crippen LogP contribution in [0.5, 0.6) is 0 Å². The summed E-state index contributed by atoms with van der Waals surface area (Å²) in [6, 6.07) is 14.5. The number of aliphatic hydroxyl groups is 1. The Morgan fingerprint density at radius 1 is 1.08 bits per heavy atom. The van der Waals surface area contributed by atoms with E-state index < -0.39 is 0 Å². The number of anilines is 2. The fourth-order valence-corrected chi connectivity index (χ4v) is 2.80. The predicted octanol–water partition coefficient (Wildman–Crippen LogP) is 2.60. The van der Waals surface area contributed by atoms with Crippen LogP contribution in [0, 0.1) is 0 Å². The minimum atomic E-state index is -0.191. The van der Waals surface area contributed by atoms with Crippen molar-refractivity contribution in [2.75, 3.05) is 23.4 Å². The molecule has 1 heterocycles. The first-order valence-electron chi connectivity index (χ1n) is 8.09. The van der Waals surface area contributed by atoms with Gasteiger partial charge in [0.1, 0.15) is 0 Å². The summed E-state index contributed by atoms with van der Waals surface area (Å²) in [5.74, 6) is -0.0561. The first kappa shape index (κ1) is 16.2. The van der Waals surface area contributed by atoms with Crippen LogP contribution in [-0.2, 0) is 11.2 Å². The second kappa shape index (κ2) is 7.27. The highest BCUT2D eigenvalue weighted by Gasteiger charge is 2.21. The van der Waals surface area contributed by atoms with Crippen LogP contribution in [0.2, 0.25) is 0 Å². The molecule has 5 heteroatoms. The third kappa shape index (κ3) is 3.63. The van der Waals surface area contributed by atoms with Gasteiger partial charge < -0.3 is 15.3 Å². The van der Waals surface area contributed by atoms with Crippen molar-refractivity contribution in [3.05, 3.63) is 59.7 Å². The van der Waals surface area contributed by atoms with Crippen LogP contribution in [-0.4, -0.2) is 30.1 Å². The molecule has 24 heavy (non-hydrogen) atoms. The molecular weight excluding hydrogens is 304 g/mol. The van der Waals surface area contributed by atoms with Gasteiger partial charge in [0.05, 0.1) is 0 Å². The van der Waals surface area contributed by atoms with E-state index >= 15 is 0 Å². The molecular formula is C19H20N2O3. The molecule has 0 aliphatic carbocycles. The Hall–Kier alpha value is -2.66. The highest BCUT2D eigenvalue weighted by Crippen LogP contribution is 2.22. The predicted molar refractivity (Wildman–Crippen MR) is 93.2 cm³/mol. The van der Waals surface area contributed by atoms with Crippen molar-refractivity contribution < 1.29 is 14.7 Å². The second-order valence-corrected chi connectivity index (χ2v) is 5.82. The Morgan fingerprint density at radius 3 is 2.38 bits per heavy atom. The zero-order chi connectivity index (χ0) is 16.9. The summed E-state index contributed by atoms with van der Waals surface area (Å²) < 4.78 is 0. The number of benzene rings is 2. The molecule has 1 aliphatic rings. The van der Waals surface area contributed by atoms with Gasteiger partial charge in [-0.25, -0.2) is 0 Å². The smallest absolute Gasteiger partial charge is 0.255 e. The fraction of sp³-hybridized carbons (Fsp3) is 0.263. The number of amides is 2. The van der Waals surface area contributed by atoms with Crippen LogP contribution in [0.3, 0.4) is 0 Å². The van der Waals surface area contributed by atoms with Gasteiger partial charge in [-0.05, 0) is 54.8 Å². The fourth-order valence-electron chi connectivity index (χ4n) is 2.80. The van der Waals surface area contributed by atoms with Gasteiger partial charge in [-0.1, -0.05) is 12.1 Å². The molecule has 2 aromatic rings. The molecule has 0 aromatic heterocycles. The van der Waals surface area contributed by atoms with Gasteiger partial charge in [0.25, 0.3) is 5.91 Å². The molecule has 2 N–H and O–H groups in total. The first-order chi connectivity index (χ1) is 11.7. The first-order valence-corrected chi connectivity index (χ1v) is 8.09. The van der Waals surface area contributed by atoms with Crippen molar-refractivity contribution in [1.29, 1.82) is 0 Å². The third-order valence-electron chi connectivity index (χ3n) is 4.13. The second-order valence-electron chi connectivity index (χ2n) is 5.82. The van der Waals surface area contributed by atoms with E-state index in [0.717, 1.165) is 24.2 Å². The summed E-state index contributed by atoms with van der Waals surface area (Å²) >= 11 is 0. The minimum absolute atomic E-state index is 0.109. The summed E-state index contributed by atoms with van der Waals surface area (Å²) in [6.45, 7) is 0.849.